The largest absolute Gasteiger partial charge is 0.352 e. The van der Waals surface area contributed by atoms with Crippen LogP contribution in [0.3, 0.4) is 0 Å². The minimum atomic E-state index is -0.106. The van der Waals surface area contributed by atoms with Crippen LogP contribution in [-0.4, -0.2) is 27.0 Å². The van der Waals surface area contributed by atoms with Crippen molar-refractivity contribution in [2.75, 3.05) is 6.54 Å². The maximum Gasteiger partial charge on any atom is 0.254 e. The Hall–Kier alpha value is -3.47. The topological polar surface area (TPSA) is 59.3 Å². The lowest BCUT2D eigenvalue weighted by Crippen LogP contribution is -2.28. The third-order valence-corrected chi connectivity index (χ3v) is 6.20. The van der Waals surface area contributed by atoms with Crippen LogP contribution in [0, 0.1) is 0 Å². The number of rotatable bonds is 7. The summed E-state index contributed by atoms with van der Waals surface area (Å²) in [5, 5.41) is 7.96. The molecule has 0 aliphatic rings. The molecule has 0 saturated heterocycles. The Kier molecular flexibility index (Phi) is 6.82. The number of aromatic nitrogens is 3. The van der Waals surface area contributed by atoms with Gasteiger partial charge in [0.15, 0.2) is 5.65 Å². The molecule has 0 fully saturated rings. The van der Waals surface area contributed by atoms with Crippen molar-refractivity contribution in [3.8, 4) is 0 Å². The summed E-state index contributed by atoms with van der Waals surface area (Å²) in [4.78, 5) is 17.8. The van der Waals surface area contributed by atoms with Gasteiger partial charge in [-0.25, -0.2) is 9.50 Å². The number of nitrogens with one attached hydrogen (secondary N) is 1. The second-order valence-corrected chi connectivity index (χ2v) is 10.2. The molecule has 4 rings (SSSR count). The molecule has 5 nitrogen and oxygen atoms in total. The van der Waals surface area contributed by atoms with Crippen molar-refractivity contribution < 1.29 is 4.79 Å². The van der Waals surface area contributed by atoms with Crippen LogP contribution in [0.4, 0.5) is 0 Å². The summed E-state index contributed by atoms with van der Waals surface area (Å²) in [6.45, 7) is 11.1. The Morgan fingerprint density at radius 2 is 1.56 bits per heavy atom. The van der Waals surface area contributed by atoms with E-state index in [-0.39, 0.29) is 23.2 Å². The number of benzene rings is 2. The molecule has 2 heterocycles. The first-order chi connectivity index (χ1) is 16.3. The SMILES string of the molecule is CC(C)c1c(C(=O)NCCC(c2ccccc2)c2ccccc2)cnc2cc(C(C)(C)C)nn12. The minimum absolute atomic E-state index is 0.0890. The maximum absolute atomic E-state index is 13.3. The number of hydrogen-bond acceptors (Lipinski definition) is 3. The third kappa shape index (κ3) is 5.04. The van der Waals surface area contributed by atoms with E-state index in [1.54, 1.807) is 6.20 Å². The van der Waals surface area contributed by atoms with Gasteiger partial charge in [0.05, 0.1) is 17.0 Å². The smallest absolute Gasteiger partial charge is 0.254 e. The highest BCUT2D eigenvalue weighted by Crippen LogP contribution is 2.28. The molecule has 176 valence electrons. The molecule has 4 aromatic rings. The molecular weight excluding hydrogens is 420 g/mol. The fourth-order valence-electron chi connectivity index (χ4n) is 4.37. The van der Waals surface area contributed by atoms with E-state index in [1.807, 2.05) is 22.7 Å². The summed E-state index contributed by atoms with van der Waals surface area (Å²) in [7, 11) is 0. The molecule has 1 amide bonds. The first-order valence-electron chi connectivity index (χ1n) is 12.0. The standard InChI is InChI=1S/C29H34N4O/c1-20(2)27-24(19-31-26-18-25(29(3,4)5)32-33(26)27)28(34)30-17-16-23(21-12-8-6-9-13-21)22-14-10-7-11-15-22/h6-15,18-20,23H,16-17H2,1-5H3,(H,30,34). The fourth-order valence-corrected chi connectivity index (χ4v) is 4.37. The lowest BCUT2D eigenvalue weighted by atomic mass is 9.88. The number of carbonyl (C=O) groups is 1. The van der Waals surface area contributed by atoms with Crippen LogP contribution < -0.4 is 5.32 Å². The van der Waals surface area contributed by atoms with Crippen LogP contribution in [0.2, 0.25) is 0 Å². The van der Waals surface area contributed by atoms with Gasteiger partial charge in [0.2, 0.25) is 0 Å². The Morgan fingerprint density at radius 1 is 0.971 bits per heavy atom. The third-order valence-electron chi connectivity index (χ3n) is 6.20. The number of carbonyl (C=O) groups excluding carboxylic acids is 1. The second kappa shape index (κ2) is 9.80. The lowest BCUT2D eigenvalue weighted by molar-refractivity contribution is 0.0950. The molecule has 0 unspecified atom stereocenters. The molecule has 0 aliphatic carbocycles. The monoisotopic (exact) mass is 454 g/mol. The molecule has 2 aromatic heterocycles. The summed E-state index contributed by atoms with van der Waals surface area (Å²) in [5.41, 5.74) is 5.63. The van der Waals surface area contributed by atoms with E-state index in [0.717, 1.165) is 23.5 Å². The second-order valence-electron chi connectivity index (χ2n) is 10.2. The molecule has 2 aromatic carbocycles. The first-order valence-corrected chi connectivity index (χ1v) is 12.0. The Labute approximate surface area is 202 Å². The van der Waals surface area contributed by atoms with Crippen LogP contribution >= 0.6 is 0 Å². The van der Waals surface area contributed by atoms with Gasteiger partial charge in [0.25, 0.3) is 5.91 Å². The van der Waals surface area contributed by atoms with Crippen molar-refractivity contribution in [1.82, 2.24) is 19.9 Å². The predicted molar refractivity (Wildman–Crippen MR) is 137 cm³/mol. The first kappa shape index (κ1) is 23.7. The summed E-state index contributed by atoms with van der Waals surface area (Å²) in [6.07, 6.45) is 2.50. The van der Waals surface area contributed by atoms with Crippen LogP contribution in [0.5, 0.6) is 0 Å². The van der Waals surface area contributed by atoms with Gasteiger partial charge in [0.1, 0.15) is 0 Å². The molecule has 0 atom stereocenters. The molecule has 1 N–H and O–H groups in total. The zero-order chi connectivity index (χ0) is 24.3. The van der Waals surface area contributed by atoms with E-state index >= 15 is 0 Å². The molecule has 34 heavy (non-hydrogen) atoms. The highest BCUT2D eigenvalue weighted by atomic mass is 16.1. The van der Waals surface area contributed by atoms with E-state index < -0.39 is 0 Å². The van der Waals surface area contributed by atoms with Gasteiger partial charge in [-0.3, -0.25) is 4.79 Å². The van der Waals surface area contributed by atoms with Crippen molar-refractivity contribution in [1.29, 1.82) is 0 Å². The van der Waals surface area contributed by atoms with Gasteiger partial charge in [-0.15, -0.1) is 0 Å². The van der Waals surface area contributed by atoms with Gasteiger partial charge < -0.3 is 5.32 Å². The quantitative estimate of drug-likeness (QED) is 0.367. The van der Waals surface area contributed by atoms with Crippen molar-refractivity contribution >= 4 is 11.6 Å². The molecular formula is C29H34N4O. The highest BCUT2D eigenvalue weighted by molar-refractivity contribution is 5.95. The van der Waals surface area contributed by atoms with E-state index in [0.29, 0.717) is 12.1 Å². The number of amides is 1. The molecule has 0 saturated carbocycles. The summed E-state index contributed by atoms with van der Waals surface area (Å²) in [6, 6.07) is 22.9. The molecule has 0 radical (unpaired) electrons. The van der Waals surface area contributed by atoms with Crippen LogP contribution in [0.1, 0.15) is 85.7 Å². The van der Waals surface area contributed by atoms with Gasteiger partial charge in [0, 0.05) is 30.1 Å². The average molecular weight is 455 g/mol. The Bertz CT molecular complexity index is 1210. The Morgan fingerprint density at radius 3 is 2.09 bits per heavy atom. The highest BCUT2D eigenvalue weighted by Gasteiger charge is 2.23. The van der Waals surface area contributed by atoms with Crippen molar-refractivity contribution in [3.63, 3.8) is 0 Å². The van der Waals surface area contributed by atoms with Crippen molar-refractivity contribution in [2.24, 2.45) is 0 Å². The molecule has 0 aliphatic heterocycles. The van der Waals surface area contributed by atoms with Crippen LogP contribution in [0.25, 0.3) is 5.65 Å². The normalized spacial score (nSPS) is 12.0. The van der Waals surface area contributed by atoms with Gasteiger partial charge in [-0.2, -0.15) is 5.10 Å². The number of nitrogens with zero attached hydrogens (tertiary/aromatic N) is 3. The molecule has 0 bridgehead atoms. The average Bonchev–Trinajstić information content (AvgIpc) is 3.27. The summed E-state index contributed by atoms with van der Waals surface area (Å²) < 4.78 is 1.84. The fraction of sp³-hybridized carbons (Fsp3) is 0.345. The van der Waals surface area contributed by atoms with Crippen molar-refractivity contribution in [3.05, 3.63) is 101 Å². The van der Waals surface area contributed by atoms with Gasteiger partial charge >= 0.3 is 0 Å². The molecule has 5 heteroatoms. The van der Waals surface area contributed by atoms with Gasteiger partial charge in [-0.05, 0) is 23.5 Å². The summed E-state index contributed by atoms with van der Waals surface area (Å²) >= 11 is 0. The Balaban J connectivity index is 1.56. The zero-order valence-electron chi connectivity index (χ0n) is 20.7. The minimum Gasteiger partial charge on any atom is -0.352 e. The van der Waals surface area contributed by atoms with E-state index in [2.05, 4.69) is 93.5 Å². The van der Waals surface area contributed by atoms with Gasteiger partial charge in [-0.1, -0.05) is 95.3 Å². The molecule has 0 spiro atoms. The zero-order valence-corrected chi connectivity index (χ0v) is 20.7. The summed E-state index contributed by atoms with van der Waals surface area (Å²) in [5.74, 6) is 0.236. The maximum atomic E-state index is 13.3. The lowest BCUT2D eigenvalue weighted by Gasteiger charge is -2.19. The van der Waals surface area contributed by atoms with E-state index in [4.69, 9.17) is 5.10 Å². The van der Waals surface area contributed by atoms with E-state index in [1.165, 1.54) is 11.1 Å². The number of fused-ring (bicyclic) bond motifs is 1. The van der Waals surface area contributed by atoms with Crippen LogP contribution in [-0.2, 0) is 5.41 Å². The predicted octanol–water partition coefficient (Wildman–Crippen LogP) is 6.10. The number of hydrogen-bond donors (Lipinski definition) is 1. The van der Waals surface area contributed by atoms with Crippen LogP contribution in [0.15, 0.2) is 72.9 Å². The van der Waals surface area contributed by atoms with Crippen molar-refractivity contribution in [2.45, 2.75) is 58.3 Å². The van der Waals surface area contributed by atoms with E-state index in [9.17, 15) is 4.79 Å².